The number of rotatable bonds is 47. The fraction of sp³-hybridized carbons (Fsp3) is 0.386. The van der Waals surface area contributed by atoms with Gasteiger partial charge in [-0.2, -0.15) is 5.26 Å². The standard InChI is InChI=1S/C101H118B2N8O4/c1-7-11-15-19-23-27-35-49-77(48-34-26-22-18-14-10-4)75-115-87-61-45-51-80(68-87)99-96-95(100(88(70-104)93-71-106-92-69-85(113-6)63-65-90(92)108-93)110(99)102(81-52-36-28-37-53-81)82-54-38-29-39-55-82)98(79-50-44-60-86(67-79)114-74-76(46-32-24-20-16-12-8-2)47-33-25-21-17-13-9-3)111(103(83-56-40-30-41-57-83)84-58-42-31-43-59-84)101(96)97(105-5)94-72-107-91-66-78(73-112)62-64-89(91)109-94/h28-31,36-45,50-69,71-72,76-77,112H,7-27,32-35,46-49,73-75H2,1-4,6H3/b100-88-,101-97+. The smallest absolute Gasteiger partial charge is 0.328 e. The molecule has 12 nitrogen and oxygen atoms in total. The molecule has 0 saturated carbocycles. The molecule has 1 N–H and O–H groups in total. The number of nitriles is 1. The summed E-state index contributed by atoms with van der Waals surface area (Å²) in [7, 11) is 1.65. The Bertz CT molecular complexity index is 4870. The zero-order chi connectivity index (χ0) is 79.8. The van der Waals surface area contributed by atoms with Crippen LogP contribution in [0.15, 0.2) is 219 Å². The van der Waals surface area contributed by atoms with E-state index in [1.54, 1.807) is 19.5 Å². The van der Waals surface area contributed by atoms with Crippen molar-refractivity contribution in [1.82, 2.24) is 28.9 Å². The molecule has 592 valence electrons. The van der Waals surface area contributed by atoms with Gasteiger partial charge in [0.2, 0.25) is 5.70 Å². The van der Waals surface area contributed by atoms with E-state index in [0.29, 0.717) is 91.3 Å². The lowest BCUT2D eigenvalue weighted by Crippen LogP contribution is -2.54. The Morgan fingerprint density at radius 1 is 0.426 bits per heavy atom. The summed E-state index contributed by atoms with van der Waals surface area (Å²) in [5.41, 5.74) is 11.2. The summed E-state index contributed by atoms with van der Waals surface area (Å²) in [6, 6.07) is 73.7. The number of aliphatic hydroxyl groups is 1. The molecule has 0 radical (unpaired) electrons. The number of ether oxygens (including phenoxy) is 3. The molecule has 8 aromatic carbocycles. The number of unbranched alkanes of at least 4 members (excludes halogenated alkanes) is 21. The Hall–Kier alpha value is -10.5. The molecule has 12 rings (SSSR count). The molecule has 0 saturated heterocycles. The van der Waals surface area contributed by atoms with Gasteiger partial charge < -0.3 is 28.3 Å². The van der Waals surface area contributed by atoms with Gasteiger partial charge in [-0.3, -0.25) is 15.0 Å². The van der Waals surface area contributed by atoms with E-state index in [9.17, 15) is 16.9 Å². The van der Waals surface area contributed by atoms with Gasteiger partial charge >= 0.3 is 13.7 Å². The highest BCUT2D eigenvalue weighted by atomic mass is 16.5. The molecule has 4 heterocycles. The minimum atomic E-state index is -0.635. The zero-order valence-corrected chi connectivity index (χ0v) is 69.0. The largest absolute Gasteiger partial charge is 0.497 e. The second-order valence-corrected chi connectivity index (χ2v) is 31.6. The van der Waals surface area contributed by atoms with Gasteiger partial charge in [-0.05, 0) is 91.6 Å². The number of fused-ring (bicyclic) bond motifs is 3. The summed E-state index contributed by atoms with van der Waals surface area (Å²) in [6.07, 6.45) is 38.9. The normalized spacial score (nSPS) is 12.3. The molecule has 0 aliphatic rings. The maximum Gasteiger partial charge on any atom is 0.328 e. The summed E-state index contributed by atoms with van der Waals surface area (Å²) in [4.78, 5) is 26.0. The molecule has 0 bridgehead atoms. The molecule has 115 heavy (non-hydrogen) atoms. The van der Waals surface area contributed by atoms with Crippen molar-refractivity contribution in [3.05, 3.63) is 258 Å². The number of benzene rings is 8. The van der Waals surface area contributed by atoms with Crippen molar-refractivity contribution in [2.45, 2.75) is 221 Å². The van der Waals surface area contributed by atoms with Crippen molar-refractivity contribution in [1.29, 1.82) is 5.26 Å². The molecule has 0 spiro atoms. The number of methoxy groups -OCH3 is 1. The van der Waals surface area contributed by atoms with Crippen LogP contribution >= 0.6 is 0 Å². The van der Waals surface area contributed by atoms with Gasteiger partial charge in [-0.1, -0.05) is 362 Å². The Balaban J connectivity index is 1.23. The first kappa shape index (κ1) is 83.9. The molecular weight excluding hydrogens is 1410 g/mol. The minimum absolute atomic E-state index is 0.166. The molecule has 12 aromatic rings. The SMILES string of the molecule is [C-]#[N+]/C(c1cnc2cc(CO)ccc2n1)=c1\c2c(-c3cccc(OCC(CCCCCCCC)CCCCCCCCC)c3)n(B(c3ccccc3)c3ccccc3)/c(=C(/C#N)c3cnc4cc(OC)ccc4n3)c2c(-c2cccc(OCC(CCCCCCCC)CCCCCCCC)c2)n1B(c1ccccc1)c1ccccc1. The lowest BCUT2D eigenvalue weighted by Gasteiger charge is -2.25. The molecule has 14 heteroatoms. The maximum absolute atomic E-state index is 12.9. The van der Waals surface area contributed by atoms with Gasteiger partial charge in [-0.25, -0.2) is 9.83 Å². The summed E-state index contributed by atoms with van der Waals surface area (Å²) in [5.74, 6) is 2.82. The van der Waals surface area contributed by atoms with Crippen molar-refractivity contribution in [3.63, 3.8) is 0 Å². The first-order valence-corrected chi connectivity index (χ1v) is 43.5. The van der Waals surface area contributed by atoms with E-state index in [4.69, 9.17) is 39.0 Å². The fourth-order valence-corrected chi connectivity index (χ4v) is 17.0. The lowest BCUT2D eigenvalue weighted by molar-refractivity contribution is 0.224. The molecular formula is C101H118B2N8O4. The van der Waals surface area contributed by atoms with E-state index in [0.717, 1.165) is 81.5 Å². The van der Waals surface area contributed by atoms with Gasteiger partial charge in [0, 0.05) is 50.9 Å². The van der Waals surface area contributed by atoms with Crippen LogP contribution in [0.1, 0.15) is 231 Å². The maximum atomic E-state index is 12.9. The van der Waals surface area contributed by atoms with Gasteiger partial charge in [0.15, 0.2) is 0 Å². The quantitative estimate of drug-likeness (QED) is 0.0224. The molecule has 0 amide bonds. The van der Waals surface area contributed by atoms with Crippen molar-refractivity contribution in [3.8, 4) is 45.8 Å². The van der Waals surface area contributed by atoms with Crippen LogP contribution in [0.4, 0.5) is 0 Å². The summed E-state index contributed by atoms with van der Waals surface area (Å²) >= 11 is 0. The van der Waals surface area contributed by atoms with Crippen molar-refractivity contribution >= 4 is 79.7 Å². The summed E-state index contributed by atoms with van der Waals surface area (Å²) in [5, 5.41) is 25.9. The van der Waals surface area contributed by atoms with Crippen LogP contribution in [-0.4, -0.2) is 68.0 Å². The van der Waals surface area contributed by atoms with Crippen LogP contribution < -0.4 is 46.8 Å². The molecule has 1 unspecified atom stereocenters. The monoisotopic (exact) mass is 1530 g/mol. The second kappa shape index (κ2) is 44.4. The zero-order valence-electron chi connectivity index (χ0n) is 69.0. The van der Waals surface area contributed by atoms with Crippen LogP contribution in [0.2, 0.25) is 0 Å². The second-order valence-electron chi connectivity index (χ2n) is 31.6. The first-order chi connectivity index (χ1) is 56.8. The predicted octanol–water partition coefficient (Wildman–Crippen LogP) is 21.7. The first-order valence-electron chi connectivity index (χ1n) is 43.5. The Morgan fingerprint density at radius 3 is 1.22 bits per heavy atom. The average molecular weight is 1530 g/mol. The van der Waals surface area contributed by atoms with E-state index in [-0.39, 0.29) is 17.9 Å². The van der Waals surface area contributed by atoms with Crippen LogP contribution in [0, 0.1) is 29.7 Å². The number of hydrogen-bond donors (Lipinski definition) is 1. The topological polar surface area (TPSA) is 137 Å². The molecule has 0 fully saturated rings. The van der Waals surface area contributed by atoms with E-state index in [1.165, 1.54) is 161 Å². The Labute approximate surface area is 685 Å². The van der Waals surface area contributed by atoms with Crippen LogP contribution in [0.3, 0.4) is 0 Å². The van der Waals surface area contributed by atoms with Crippen LogP contribution in [0.25, 0.3) is 71.5 Å². The molecule has 0 aliphatic carbocycles. The summed E-state index contributed by atoms with van der Waals surface area (Å²) in [6.45, 7) is 18.9. The highest BCUT2D eigenvalue weighted by molar-refractivity contribution is 6.85. The Morgan fingerprint density at radius 2 is 0.809 bits per heavy atom. The van der Waals surface area contributed by atoms with Crippen molar-refractivity contribution in [2.75, 3.05) is 20.3 Å². The van der Waals surface area contributed by atoms with Gasteiger partial charge in [0.1, 0.15) is 34.6 Å². The van der Waals surface area contributed by atoms with E-state index >= 15 is 0 Å². The third-order valence-corrected chi connectivity index (χ3v) is 23.2. The van der Waals surface area contributed by atoms with Crippen molar-refractivity contribution in [2.24, 2.45) is 11.8 Å². The number of hydrogen-bond acceptors (Lipinski definition) is 9. The lowest BCUT2D eigenvalue weighted by atomic mass is 9.50. The molecule has 1 atom stereocenters. The van der Waals surface area contributed by atoms with Gasteiger partial charge in [0.25, 0.3) is 0 Å². The van der Waals surface area contributed by atoms with Gasteiger partial charge in [0.05, 0.1) is 72.8 Å². The van der Waals surface area contributed by atoms with E-state index in [2.05, 4.69) is 213 Å². The van der Waals surface area contributed by atoms with E-state index < -0.39 is 13.7 Å². The predicted molar refractivity (Wildman–Crippen MR) is 480 cm³/mol. The van der Waals surface area contributed by atoms with Gasteiger partial charge in [-0.15, -0.1) is 0 Å². The highest BCUT2D eigenvalue weighted by Crippen LogP contribution is 2.40. The average Bonchev–Trinajstić information content (AvgIpc) is 1.52. The summed E-state index contributed by atoms with van der Waals surface area (Å²) < 4.78 is 25.2. The minimum Gasteiger partial charge on any atom is -0.497 e. The molecule has 0 aliphatic heterocycles. The Kier molecular flexibility index (Phi) is 32.4. The third kappa shape index (κ3) is 21.9. The fourth-order valence-electron chi connectivity index (χ4n) is 17.0. The van der Waals surface area contributed by atoms with Crippen LogP contribution in [0.5, 0.6) is 17.2 Å². The van der Waals surface area contributed by atoms with Crippen LogP contribution in [-0.2, 0) is 6.61 Å². The number of aromatic nitrogens is 6. The third-order valence-electron chi connectivity index (χ3n) is 23.2. The number of aliphatic hydroxyl groups excluding tert-OH is 1. The van der Waals surface area contributed by atoms with Crippen molar-refractivity contribution < 1.29 is 19.3 Å². The van der Waals surface area contributed by atoms with E-state index in [1.807, 2.05) is 36.4 Å². The number of nitrogens with zero attached hydrogens (tertiary/aromatic N) is 8. The molecule has 4 aromatic heterocycles. The highest BCUT2D eigenvalue weighted by Gasteiger charge is 2.38.